The highest BCUT2D eigenvalue weighted by Gasteiger charge is 2.33. The predicted octanol–water partition coefficient (Wildman–Crippen LogP) is 2.62. The lowest BCUT2D eigenvalue weighted by atomic mass is 10.1. The third-order valence-corrected chi connectivity index (χ3v) is 3.99. The summed E-state index contributed by atoms with van der Waals surface area (Å²) < 4.78 is 5.33. The minimum Gasteiger partial charge on any atom is -0.444 e. The van der Waals surface area contributed by atoms with Crippen molar-refractivity contribution in [2.75, 3.05) is 13.1 Å². The predicted molar refractivity (Wildman–Crippen MR) is 82.1 cm³/mol. The molecule has 1 aliphatic heterocycles. The number of amides is 2. The van der Waals surface area contributed by atoms with Gasteiger partial charge < -0.3 is 15.0 Å². The Hall–Kier alpha value is -1.56. The van der Waals surface area contributed by atoms with E-state index in [2.05, 4.69) is 5.32 Å². The maximum absolute atomic E-state index is 12.1. The van der Waals surface area contributed by atoms with Gasteiger partial charge in [0.15, 0.2) is 0 Å². The van der Waals surface area contributed by atoms with Gasteiger partial charge in [0, 0.05) is 19.6 Å². The van der Waals surface area contributed by atoms with Gasteiger partial charge in [-0.1, -0.05) is 0 Å². The zero-order valence-corrected chi connectivity index (χ0v) is 13.5. The topological polar surface area (TPSA) is 58.6 Å². The van der Waals surface area contributed by atoms with E-state index in [0.29, 0.717) is 26.1 Å². The molecule has 1 aliphatic rings. The minimum atomic E-state index is -0.504. The van der Waals surface area contributed by atoms with Crippen LogP contribution in [0.1, 0.15) is 32.8 Å². The van der Waals surface area contributed by atoms with Crippen molar-refractivity contribution in [3.8, 4) is 0 Å². The van der Waals surface area contributed by atoms with E-state index in [9.17, 15) is 9.59 Å². The quantitative estimate of drug-likeness (QED) is 0.933. The average molecular weight is 310 g/mol. The Kier molecular flexibility index (Phi) is 4.88. The van der Waals surface area contributed by atoms with E-state index < -0.39 is 5.60 Å². The molecule has 21 heavy (non-hydrogen) atoms. The first-order valence-corrected chi connectivity index (χ1v) is 8.06. The summed E-state index contributed by atoms with van der Waals surface area (Å²) in [4.78, 5) is 25.7. The average Bonchev–Trinajstić information content (AvgIpc) is 3.05. The van der Waals surface area contributed by atoms with Gasteiger partial charge in [-0.3, -0.25) is 4.79 Å². The first-order chi connectivity index (χ1) is 9.85. The van der Waals surface area contributed by atoms with E-state index >= 15 is 0 Å². The van der Waals surface area contributed by atoms with Gasteiger partial charge >= 0.3 is 6.09 Å². The molecular weight excluding hydrogens is 288 g/mol. The van der Waals surface area contributed by atoms with Gasteiger partial charge in [0.25, 0.3) is 0 Å². The Bertz CT molecular complexity index is 494. The Balaban J connectivity index is 1.78. The van der Waals surface area contributed by atoms with E-state index in [4.69, 9.17) is 4.74 Å². The van der Waals surface area contributed by atoms with Gasteiger partial charge in [-0.25, -0.2) is 4.79 Å². The summed E-state index contributed by atoms with van der Waals surface area (Å²) in [6.07, 6.45) is 0.352. The number of carbonyl (C=O) groups excluding carboxylic acids is 2. The number of ether oxygens (including phenoxy) is 1. The molecule has 0 unspecified atom stereocenters. The molecule has 0 radical (unpaired) electrons. The Morgan fingerprint density at radius 3 is 2.86 bits per heavy atom. The number of carbonyl (C=O) groups is 2. The lowest BCUT2D eigenvalue weighted by molar-refractivity contribution is -0.124. The molecule has 0 bridgehead atoms. The number of nitrogens with one attached hydrogen (secondary N) is 1. The largest absolute Gasteiger partial charge is 0.444 e. The number of rotatable bonds is 3. The molecule has 6 heteroatoms. The van der Waals surface area contributed by atoms with Gasteiger partial charge in [0.1, 0.15) is 5.60 Å². The molecule has 0 spiro atoms. The highest BCUT2D eigenvalue weighted by molar-refractivity contribution is 7.07. The third kappa shape index (κ3) is 4.74. The zero-order valence-electron chi connectivity index (χ0n) is 12.7. The SMILES string of the molecule is CC(C)(C)OC(=O)N1CC[C@H](C(=O)NCc2ccsc2)C1. The number of hydrogen-bond donors (Lipinski definition) is 1. The van der Waals surface area contributed by atoms with Gasteiger partial charge in [-0.15, -0.1) is 0 Å². The molecule has 1 aromatic rings. The Morgan fingerprint density at radius 1 is 1.48 bits per heavy atom. The first kappa shape index (κ1) is 15.8. The van der Waals surface area contributed by atoms with E-state index in [0.717, 1.165) is 5.56 Å². The fourth-order valence-electron chi connectivity index (χ4n) is 2.19. The second-order valence-corrected chi connectivity index (χ2v) is 7.04. The zero-order chi connectivity index (χ0) is 15.5. The molecule has 1 atom stereocenters. The standard InChI is InChI=1S/C15H22N2O3S/c1-15(2,3)20-14(19)17-6-4-12(9-17)13(18)16-8-11-5-7-21-10-11/h5,7,10,12H,4,6,8-9H2,1-3H3,(H,16,18)/t12-/m0/s1. The van der Waals surface area contributed by atoms with E-state index in [1.165, 1.54) is 0 Å². The number of nitrogens with zero attached hydrogens (tertiary/aromatic N) is 1. The molecule has 2 rings (SSSR count). The van der Waals surface area contributed by atoms with Crippen LogP contribution in [0.3, 0.4) is 0 Å². The van der Waals surface area contributed by atoms with E-state index in [-0.39, 0.29) is 17.9 Å². The lowest BCUT2D eigenvalue weighted by Gasteiger charge is -2.24. The van der Waals surface area contributed by atoms with Crippen LogP contribution in [0.2, 0.25) is 0 Å². The van der Waals surface area contributed by atoms with Crippen molar-refractivity contribution < 1.29 is 14.3 Å². The smallest absolute Gasteiger partial charge is 0.410 e. The van der Waals surface area contributed by atoms with Crippen LogP contribution in [0, 0.1) is 5.92 Å². The van der Waals surface area contributed by atoms with E-state index in [1.807, 2.05) is 37.6 Å². The van der Waals surface area contributed by atoms with Crippen LogP contribution in [0.5, 0.6) is 0 Å². The van der Waals surface area contributed by atoms with Crippen LogP contribution in [0.25, 0.3) is 0 Å². The lowest BCUT2D eigenvalue weighted by Crippen LogP contribution is -2.37. The molecule has 0 saturated carbocycles. The van der Waals surface area contributed by atoms with Crippen LogP contribution in [-0.4, -0.2) is 35.6 Å². The number of thiophene rings is 1. The summed E-state index contributed by atoms with van der Waals surface area (Å²) in [6, 6.07) is 1.99. The minimum absolute atomic E-state index is 0.00672. The Morgan fingerprint density at radius 2 is 2.24 bits per heavy atom. The van der Waals surface area contributed by atoms with Gasteiger partial charge in [0.2, 0.25) is 5.91 Å². The fourth-order valence-corrected chi connectivity index (χ4v) is 2.86. The van der Waals surface area contributed by atoms with Crippen molar-refractivity contribution >= 4 is 23.3 Å². The normalized spacial score (nSPS) is 18.6. The van der Waals surface area contributed by atoms with Crippen LogP contribution in [-0.2, 0) is 16.1 Å². The molecule has 1 aromatic heterocycles. The Labute approximate surface area is 129 Å². The van der Waals surface area contributed by atoms with Crippen molar-refractivity contribution in [1.29, 1.82) is 0 Å². The van der Waals surface area contributed by atoms with E-state index in [1.54, 1.807) is 16.2 Å². The molecule has 2 amide bonds. The van der Waals surface area contributed by atoms with Gasteiger partial charge in [-0.05, 0) is 49.6 Å². The third-order valence-electron chi connectivity index (χ3n) is 3.26. The van der Waals surface area contributed by atoms with Crippen LogP contribution < -0.4 is 5.32 Å². The molecular formula is C15H22N2O3S. The van der Waals surface area contributed by atoms with Gasteiger partial charge in [-0.2, -0.15) is 11.3 Å². The molecule has 0 aliphatic carbocycles. The first-order valence-electron chi connectivity index (χ1n) is 7.12. The van der Waals surface area contributed by atoms with Crippen LogP contribution >= 0.6 is 11.3 Å². The summed E-state index contributed by atoms with van der Waals surface area (Å²) in [5.74, 6) is -0.136. The maximum atomic E-state index is 12.1. The second-order valence-electron chi connectivity index (χ2n) is 6.26. The van der Waals surface area contributed by atoms with Crippen molar-refractivity contribution in [1.82, 2.24) is 10.2 Å². The summed E-state index contributed by atoms with van der Waals surface area (Å²) >= 11 is 1.61. The maximum Gasteiger partial charge on any atom is 0.410 e. The van der Waals surface area contributed by atoms with Gasteiger partial charge in [0.05, 0.1) is 5.92 Å². The monoisotopic (exact) mass is 310 g/mol. The molecule has 0 aromatic carbocycles. The summed E-state index contributed by atoms with van der Waals surface area (Å²) in [5, 5.41) is 6.93. The summed E-state index contributed by atoms with van der Waals surface area (Å²) in [5.41, 5.74) is 0.603. The molecule has 1 saturated heterocycles. The summed E-state index contributed by atoms with van der Waals surface area (Å²) in [7, 11) is 0. The highest BCUT2D eigenvalue weighted by atomic mass is 32.1. The molecule has 1 N–H and O–H groups in total. The number of likely N-dealkylation sites (tertiary alicyclic amines) is 1. The second kappa shape index (κ2) is 6.47. The molecule has 2 heterocycles. The van der Waals surface area contributed by atoms with Crippen molar-refractivity contribution in [3.05, 3.63) is 22.4 Å². The fraction of sp³-hybridized carbons (Fsp3) is 0.600. The van der Waals surface area contributed by atoms with Crippen molar-refractivity contribution in [3.63, 3.8) is 0 Å². The van der Waals surface area contributed by atoms with Crippen LogP contribution in [0.4, 0.5) is 4.79 Å². The van der Waals surface area contributed by atoms with Crippen LogP contribution in [0.15, 0.2) is 16.8 Å². The molecule has 1 fully saturated rings. The highest BCUT2D eigenvalue weighted by Crippen LogP contribution is 2.19. The van der Waals surface area contributed by atoms with Crippen molar-refractivity contribution in [2.24, 2.45) is 5.92 Å². The number of hydrogen-bond acceptors (Lipinski definition) is 4. The summed E-state index contributed by atoms with van der Waals surface area (Å²) in [6.45, 7) is 7.07. The molecule has 116 valence electrons. The van der Waals surface area contributed by atoms with Crippen molar-refractivity contribution in [2.45, 2.75) is 39.3 Å². The molecule has 5 nitrogen and oxygen atoms in total.